The SMILES string of the molecule is COc1ccc2c(c1)c1ccccc1c1cc3c4cc5c(cc4n(-c4ccccc4)c3cc21)N(c1ccc2c(-c3ccccc3)c3ccccc3c(-c3ccccc3)c2c1)c1cc2ccccc2cc1[Si]5(c1ccccc1)c1ccccc1. The molecule has 0 spiro atoms. The minimum absolute atomic E-state index is 0.850. The number of para-hydroxylation sites is 1. The molecule has 83 heavy (non-hydrogen) atoms. The van der Waals surface area contributed by atoms with Crippen LogP contribution in [0.15, 0.2) is 297 Å². The lowest BCUT2D eigenvalue weighted by molar-refractivity contribution is 0.415. The normalized spacial score (nSPS) is 13.0. The van der Waals surface area contributed by atoms with Gasteiger partial charge in [0.25, 0.3) is 0 Å². The zero-order chi connectivity index (χ0) is 54.8. The largest absolute Gasteiger partial charge is 0.497 e. The molecule has 16 aromatic rings. The summed E-state index contributed by atoms with van der Waals surface area (Å²) in [5.74, 6) is 0.850. The summed E-state index contributed by atoms with van der Waals surface area (Å²) in [6.07, 6.45) is 0. The minimum Gasteiger partial charge on any atom is -0.497 e. The molecule has 0 unspecified atom stereocenters. The second-order valence-corrected chi connectivity index (χ2v) is 26.0. The molecular weight excluding hydrogens is 1020 g/mol. The van der Waals surface area contributed by atoms with E-state index in [1.807, 2.05) is 0 Å². The second-order valence-electron chi connectivity index (χ2n) is 22.2. The first-order valence-corrected chi connectivity index (χ1v) is 30.7. The average molecular weight is 1070 g/mol. The van der Waals surface area contributed by atoms with E-state index in [1.165, 1.54) is 130 Å². The number of hydrogen-bond donors (Lipinski definition) is 0. The number of nitrogens with zero attached hydrogens (tertiary/aromatic N) is 2. The topological polar surface area (TPSA) is 17.4 Å². The Morgan fingerprint density at radius 3 is 1.36 bits per heavy atom. The summed E-state index contributed by atoms with van der Waals surface area (Å²) in [7, 11) is -1.50. The summed E-state index contributed by atoms with van der Waals surface area (Å²) < 4.78 is 8.40. The summed E-state index contributed by atoms with van der Waals surface area (Å²) in [5, 5.41) is 22.4. The molecule has 0 aliphatic carbocycles. The molecule has 0 amide bonds. The maximum Gasteiger partial charge on any atom is 0.184 e. The highest BCUT2D eigenvalue weighted by Crippen LogP contribution is 2.49. The third-order valence-electron chi connectivity index (χ3n) is 18.0. The van der Waals surface area contributed by atoms with Crippen LogP contribution in [0.4, 0.5) is 17.1 Å². The Morgan fingerprint density at radius 1 is 0.289 bits per heavy atom. The highest BCUT2D eigenvalue weighted by atomic mass is 28.3. The maximum atomic E-state index is 5.87. The molecule has 2 heterocycles. The van der Waals surface area contributed by atoms with Crippen LogP contribution in [0.2, 0.25) is 0 Å². The van der Waals surface area contributed by atoms with Gasteiger partial charge in [-0.1, -0.05) is 231 Å². The van der Waals surface area contributed by atoms with Gasteiger partial charge in [0.15, 0.2) is 8.07 Å². The van der Waals surface area contributed by atoms with Gasteiger partial charge in [-0.05, 0) is 174 Å². The molecule has 1 aliphatic heterocycles. The third-order valence-corrected chi connectivity index (χ3v) is 22.8. The van der Waals surface area contributed by atoms with Gasteiger partial charge >= 0.3 is 0 Å². The first-order chi connectivity index (χ1) is 41.1. The minimum atomic E-state index is -3.25. The molecule has 1 aromatic heterocycles. The van der Waals surface area contributed by atoms with Crippen LogP contribution in [-0.2, 0) is 0 Å². The number of hydrogen-bond acceptors (Lipinski definition) is 2. The number of ether oxygens (including phenoxy) is 1. The monoisotopic (exact) mass is 1070 g/mol. The van der Waals surface area contributed by atoms with Crippen molar-refractivity contribution in [3.05, 3.63) is 297 Å². The van der Waals surface area contributed by atoms with E-state index in [0.717, 1.165) is 28.2 Å². The fourth-order valence-corrected chi connectivity index (χ4v) is 19.6. The van der Waals surface area contributed by atoms with Gasteiger partial charge in [-0.3, -0.25) is 0 Å². The van der Waals surface area contributed by atoms with Crippen LogP contribution in [0.25, 0.3) is 114 Å². The van der Waals surface area contributed by atoms with Crippen molar-refractivity contribution in [3.63, 3.8) is 0 Å². The summed E-state index contributed by atoms with van der Waals surface area (Å²) >= 11 is 0. The molecule has 0 saturated heterocycles. The first-order valence-electron chi connectivity index (χ1n) is 28.7. The van der Waals surface area contributed by atoms with Crippen LogP contribution in [0.1, 0.15) is 0 Å². The summed E-state index contributed by atoms with van der Waals surface area (Å²) in [6.45, 7) is 0. The van der Waals surface area contributed by atoms with Crippen LogP contribution in [0, 0.1) is 0 Å². The van der Waals surface area contributed by atoms with Gasteiger partial charge in [0, 0.05) is 33.5 Å². The molecular formula is C79H52N2OSi. The summed E-state index contributed by atoms with van der Waals surface area (Å²) in [6, 6.07) is 112. The van der Waals surface area contributed by atoms with E-state index < -0.39 is 8.07 Å². The van der Waals surface area contributed by atoms with E-state index in [4.69, 9.17) is 4.74 Å². The average Bonchev–Trinajstić information content (AvgIpc) is 1.92. The Labute approximate surface area is 481 Å². The van der Waals surface area contributed by atoms with Gasteiger partial charge in [0.05, 0.1) is 18.1 Å². The van der Waals surface area contributed by atoms with E-state index in [2.05, 4.69) is 307 Å². The van der Waals surface area contributed by atoms with Crippen molar-refractivity contribution in [1.29, 1.82) is 0 Å². The molecule has 388 valence electrons. The first kappa shape index (κ1) is 47.3. The van der Waals surface area contributed by atoms with Crippen LogP contribution < -0.4 is 30.4 Å². The smallest absolute Gasteiger partial charge is 0.184 e. The predicted octanol–water partition coefficient (Wildman–Crippen LogP) is 18.2. The van der Waals surface area contributed by atoms with Crippen molar-refractivity contribution in [2.45, 2.75) is 0 Å². The Hall–Kier alpha value is -10.5. The van der Waals surface area contributed by atoms with Crippen molar-refractivity contribution in [2.24, 2.45) is 0 Å². The highest BCUT2D eigenvalue weighted by Gasteiger charge is 2.49. The molecule has 1 aliphatic rings. The van der Waals surface area contributed by atoms with Crippen molar-refractivity contribution in [1.82, 2.24) is 4.57 Å². The van der Waals surface area contributed by atoms with E-state index in [9.17, 15) is 0 Å². The summed E-state index contributed by atoms with van der Waals surface area (Å²) in [4.78, 5) is 2.64. The number of aromatic nitrogens is 1. The Balaban J connectivity index is 1.07. The van der Waals surface area contributed by atoms with E-state index in [0.29, 0.717) is 0 Å². The number of benzene rings is 15. The van der Waals surface area contributed by atoms with Crippen molar-refractivity contribution < 1.29 is 4.74 Å². The molecule has 3 nitrogen and oxygen atoms in total. The number of methoxy groups -OCH3 is 1. The molecule has 17 rings (SSSR count). The molecule has 0 N–H and O–H groups in total. The number of rotatable bonds is 7. The van der Waals surface area contributed by atoms with Gasteiger partial charge < -0.3 is 14.2 Å². The predicted molar refractivity (Wildman–Crippen MR) is 355 cm³/mol. The van der Waals surface area contributed by atoms with Gasteiger partial charge in [-0.2, -0.15) is 0 Å². The zero-order valence-electron chi connectivity index (χ0n) is 45.6. The maximum absolute atomic E-state index is 5.87. The van der Waals surface area contributed by atoms with Gasteiger partial charge in [-0.15, -0.1) is 0 Å². The quantitative estimate of drug-likeness (QED) is 0.0899. The van der Waals surface area contributed by atoms with E-state index >= 15 is 0 Å². The van der Waals surface area contributed by atoms with E-state index in [1.54, 1.807) is 7.11 Å². The third kappa shape index (κ3) is 6.97. The number of fused-ring (bicyclic) bond motifs is 14. The fourth-order valence-electron chi connectivity index (χ4n) is 14.5. The Morgan fingerprint density at radius 2 is 0.735 bits per heavy atom. The van der Waals surface area contributed by atoms with Crippen molar-refractivity contribution in [3.8, 4) is 33.7 Å². The number of anilines is 3. The Bertz CT molecular complexity index is 5250. The molecule has 0 saturated carbocycles. The molecule has 0 atom stereocenters. The lowest BCUT2D eigenvalue weighted by Gasteiger charge is -2.45. The lowest BCUT2D eigenvalue weighted by atomic mass is 9.85. The fraction of sp³-hybridized carbons (Fsp3) is 0.0127. The molecule has 15 aromatic carbocycles. The van der Waals surface area contributed by atoms with E-state index in [-0.39, 0.29) is 0 Å². The van der Waals surface area contributed by atoms with Crippen LogP contribution in [0.3, 0.4) is 0 Å². The van der Waals surface area contributed by atoms with Crippen LogP contribution >= 0.6 is 0 Å². The molecule has 0 bridgehead atoms. The lowest BCUT2D eigenvalue weighted by Crippen LogP contribution is -2.77. The molecule has 0 fully saturated rings. The molecule has 0 radical (unpaired) electrons. The standard InChI is InChI=1S/C79H52N2OSi/c1-82-57-40-42-62-66(46-57)60-35-19-20-36-61(60)67-47-69-70-49-77-75(50-73(70)80(72(69)48-68(62)67)55-29-11-4-12-30-55)81(74-43-53-27-17-18-28-54(53)44-76(74)83(77,58-31-13-5-14-32-58)59-33-15-6-16-34-59)56-39-41-65-71(45-56)79(52-25-9-3-10-26-52)64-38-22-21-37-63(64)78(65)51-23-7-2-8-24-51/h2-50H,1H3. The van der Waals surface area contributed by atoms with Crippen LogP contribution in [-0.4, -0.2) is 19.8 Å². The molecule has 4 heteroatoms. The second kappa shape index (κ2) is 18.5. The van der Waals surface area contributed by atoms with Crippen LogP contribution in [0.5, 0.6) is 5.75 Å². The van der Waals surface area contributed by atoms with Gasteiger partial charge in [0.2, 0.25) is 0 Å². The van der Waals surface area contributed by atoms with Crippen molar-refractivity contribution in [2.75, 3.05) is 12.0 Å². The zero-order valence-corrected chi connectivity index (χ0v) is 46.6. The van der Waals surface area contributed by atoms with Crippen molar-refractivity contribution >= 4 is 132 Å². The Kier molecular flexibility index (Phi) is 10.6. The van der Waals surface area contributed by atoms with Gasteiger partial charge in [0.1, 0.15) is 5.75 Å². The highest BCUT2D eigenvalue weighted by molar-refractivity contribution is 7.21. The van der Waals surface area contributed by atoms with Gasteiger partial charge in [-0.25, -0.2) is 0 Å². The summed E-state index contributed by atoms with van der Waals surface area (Å²) in [5.41, 5.74) is 11.8.